The van der Waals surface area contributed by atoms with Crippen molar-refractivity contribution in [3.8, 4) is 0 Å². The molecule has 0 aliphatic heterocycles. The molecule has 1 amide bonds. The van der Waals surface area contributed by atoms with E-state index in [1.807, 2.05) is 13.2 Å². The summed E-state index contributed by atoms with van der Waals surface area (Å²) in [5.41, 5.74) is 4.50. The van der Waals surface area contributed by atoms with E-state index in [1.54, 1.807) is 18.7 Å². The van der Waals surface area contributed by atoms with Gasteiger partial charge in [-0.1, -0.05) is 6.92 Å². The normalized spacial score (nSPS) is 13.2. The lowest BCUT2D eigenvalue weighted by molar-refractivity contribution is -0.126. The Morgan fingerprint density at radius 1 is 1.50 bits per heavy atom. The summed E-state index contributed by atoms with van der Waals surface area (Å²) in [6, 6.07) is 0. The molecular weight excluding hydrogens is 200 g/mol. The molecule has 0 heterocycles. The van der Waals surface area contributed by atoms with Gasteiger partial charge in [0.25, 0.3) is 0 Å². The largest absolute Gasteiger partial charge is 0.344 e. The number of amides is 1. The Morgan fingerprint density at radius 3 is 2.36 bits per heavy atom. The molecule has 84 valence electrons. The zero-order valence-corrected chi connectivity index (χ0v) is 10.1. The van der Waals surface area contributed by atoms with Crippen molar-refractivity contribution in [2.75, 3.05) is 13.3 Å². The number of thioether (sulfide) groups is 1. The lowest BCUT2D eigenvalue weighted by Gasteiger charge is -2.13. The Hall–Kier alpha value is -0.550. The van der Waals surface area contributed by atoms with Crippen LogP contribution in [0, 0.1) is 5.92 Å². The number of nitrogens with two attached hydrogens (primary N) is 1. The molecule has 0 aliphatic carbocycles. The molecule has 0 aromatic heterocycles. The van der Waals surface area contributed by atoms with Crippen molar-refractivity contribution < 1.29 is 9.59 Å². The van der Waals surface area contributed by atoms with Crippen LogP contribution >= 0.6 is 11.8 Å². The Balaban J connectivity index is 0. The molecule has 2 unspecified atom stereocenters. The van der Waals surface area contributed by atoms with Crippen LogP contribution in [0.25, 0.3) is 0 Å². The molecule has 0 radical (unpaired) electrons. The van der Waals surface area contributed by atoms with Crippen molar-refractivity contribution in [3.63, 3.8) is 0 Å². The van der Waals surface area contributed by atoms with Crippen LogP contribution in [0.2, 0.25) is 0 Å². The fourth-order valence-corrected chi connectivity index (χ4v) is 0.887. The monoisotopic (exact) mass is 220 g/mol. The number of hydrogen-bond donors (Lipinski definition) is 2. The molecule has 0 aromatic rings. The third-order valence-electron chi connectivity index (χ3n) is 1.60. The van der Waals surface area contributed by atoms with Crippen LogP contribution < -0.4 is 11.1 Å². The summed E-state index contributed by atoms with van der Waals surface area (Å²) in [7, 11) is 1.50. The first-order valence-electron chi connectivity index (χ1n) is 4.46. The predicted octanol–water partition coefficient (Wildman–Crippen LogP) is 0.612. The molecular formula is C9H20N2O2S. The van der Waals surface area contributed by atoms with E-state index in [0.717, 1.165) is 6.29 Å². The molecule has 2 atom stereocenters. The number of nitrogens with one attached hydrogen (secondary N) is 1. The van der Waals surface area contributed by atoms with Gasteiger partial charge in [-0.25, -0.2) is 0 Å². The van der Waals surface area contributed by atoms with E-state index in [9.17, 15) is 9.59 Å². The number of rotatable bonds is 5. The average Bonchev–Trinajstić information content (AvgIpc) is 2.21. The molecule has 4 nitrogen and oxygen atoms in total. The minimum Gasteiger partial charge on any atom is -0.344 e. The molecule has 0 spiro atoms. The van der Waals surface area contributed by atoms with E-state index in [0.29, 0.717) is 6.42 Å². The lowest BCUT2D eigenvalue weighted by Crippen LogP contribution is -2.34. The zero-order valence-electron chi connectivity index (χ0n) is 9.24. The van der Waals surface area contributed by atoms with Crippen LogP contribution in [0.1, 0.15) is 20.3 Å². The number of carbonyl (C=O) groups excluding carboxylic acids is 2. The summed E-state index contributed by atoms with van der Waals surface area (Å²) >= 11 is 1.57. The highest BCUT2D eigenvalue weighted by Gasteiger charge is 2.13. The van der Waals surface area contributed by atoms with Gasteiger partial charge >= 0.3 is 0 Å². The second kappa shape index (κ2) is 10.5. The van der Waals surface area contributed by atoms with Crippen molar-refractivity contribution >= 4 is 24.0 Å². The van der Waals surface area contributed by atoms with Gasteiger partial charge in [-0.15, -0.1) is 11.8 Å². The first-order valence-corrected chi connectivity index (χ1v) is 5.75. The van der Waals surface area contributed by atoms with Gasteiger partial charge in [-0.05, 0) is 20.2 Å². The third-order valence-corrected chi connectivity index (χ3v) is 2.42. The maximum atomic E-state index is 11.2. The number of hydrogen-bond acceptors (Lipinski definition) is 4. The summed E-state index contributed by atoms with van der Waals surface area (Å²) < 4.78 is 0. The first-order chi connectivity index (χ1) is 6.61. The second-order valence-corrected chi connectivity index (χ2v) is 3.87. The molecule has 0 aromatic carbocycles. The summed E-state index contributed by atoms with van der Waals surface area (Å²) in [6.45, 7) is 3.66. The Labute approximate surface area is 90.0 Å². The van der Waals surface area contributed by atoms with E-state index in [4.69, 9.17) is 0 Å². The number of carbonyl (C=O) groups is 2. The molecule has 14 heavy (non-hydrogen) atoms. The van der Waals surface area contributed by atoms with Gasteiger partial charge in [0.05, 0.1) is 5.37 Å². The van der Waals surface area contributed by atoms with E-state index in [1.165, 1.54) is 7.05 Å². The maximum Gasteiger partial charge on any atom is 0.224 e. The minimum atomic E-state index is -0.211. The van der Waals surface area contributed by atoms with Crippen molar-refractivity contribution in [1.82, 2.24) is 5.32 Å². The van der Waals surface area contributed by atoms with Crippen molar-refractivity contribution in [2.24, 2.45) is 11.7 Å². The van der Waals surface area contributed by atoms with Crippen molar-refractivity contribution in [2.45, 2.75) is 25.6 Å². The van der Waals surface area contributed by atoms with Gasteiger partial charge in [0.15, 0.2) is 0 Å². The van der Waals surface area contributed by atoms with E-state index < -0.39 is 0 Å². The second-order valence-electron chi connectivity index (χ2n) is 2.69. The predicted molar refractivity (Wildman–Crippen MR) is 61.1 cm³/mol. The maximum absolute atomic E-state index is 11.2. The average molecular weight is 220 g/mol. The Kier molecular flexibility index (Phi) is 12.0. The van der Waals surface area contributed by atoms with Crippen molar-refractivity contribution in [3.05, 3.63) is 0 Å². The van der Waals surface area contributed by atoms with E-state index in [2.05, 4.69) is 11.1 Å². The molecule has 5 heteroatoms. The first kappa shape index (κ1) is 15.9. The van der Waals surface area contributed by atoms with Crippen LogP contribution in [0.5, 0.6) is 0 Å². The van der Waals surface area contributed by atoms with Crippen LogP contribution in [0.15, 0.2) is 0 Å². The highest BCUT2D eigenvalue weighted by molar-refractivity contribution is 7.99. The van der Waals surface area contributed by atoms with Crippen LogP contribution in [0.3, 0.4) is 0 Å². The molecule has 0 aliphatic rings. The molecule has 0 fully saturated rings. The van der Waals surface area contributed by atoms with Crippen LogP contribution in [0.4, 0.5) is 0 Å². The molecule has 0 saturated carbocycles. The molecule has 0 saturated heterocycles. The summed E-state index contributed by atoms with van der Waals surface area (Å²) in [5, 5.41) is 2.90. The Bertz CT molecular complexity index is 165. The van der Waals surface area contributed by atoms with Crippen LogP contribution in [-0.2, 0) is 9.59 Å². The lowest BCUT2D eigenvalue weighted by atomic mass is 10.1. The van der Waals surface area contributed by atoms with E-state index >= 15 is 0 Å². The topological polar surface area (TPSA) is 72.2 Å². The molecule has 0 rings (SSSR count). The van der Waals surface area contributed by atoms with Gasteiger partial charge < -0.3 is 15.8 Å². The smallest absolute Gasteiger partial charge is 0.224 e. The highest BCUT2D eigenvalue weighted by atomic mass is 32.2. The quantitative estimate of drug-likeness (QED) is 0.526. The standard InChI is InChI=1S/C8H15NO2S.CH5N/c1-6(4-5-10)8(11)9-7(2)12-3;1-2/h5-7H,4H2,1-3H3,(H,9,11);2H2,1H3. The Morgan fingerprint density at radius 2 is 2.00 bits per heavy atom. The van der Waals surface area contributed by atoms with Crippen LogP contribution in [-0.4, -0.2) is 30.9 Å². The minimum absolute atomic E-state index is 0.0519. The summed E-state index contributed by atoms with van der Waals surface area (Å²) in [4.78, 5) is 21.3. The van der Waals surface area contributed by atoms with Gasteiger partial charge in [0.1, 0.15) is 6.29 Å². The third kappa shape index (κ3) is 8.07. The van der Waals surface area contributed by atoms with E-state index in [-0.39, 0.29) is 17.2 Å². The van der Waals surface area contributed by atoms with Gasteiger partial charge in [0.2, 0.25) is 5.91 Å². The fraction of sp³-hybridized carbons (Fsp3) is 0.778. The molecule has 0 bridgehead atoms. The SMILES string of the molecule is CN.CSC(C)NC(=O)C(C)CC=O. The fourth-order valence-electron chi connectivity index (χ4n) is 0.653. The van der Waals surface area contributed by atoms with Crippen molar-refractivity contribution in [1.29, 1.82) is 0 Å². The van der Waals surface area contributed by atoms with Gasteiger partial charge in [-0.3, -0.25) is 4.79 Å². The number of aldehydes is 1. The zero-order chi connectivity index (χ0) is 11.6. The summed E-state index contributed by atoms with van der Waals surface area (Å²) in [6.07, 6.45) is 3.00. The highest BCUT2D eigenvalue weighted by Crippen LogP contribution is 2.04. The molecule has 3 N–H and O–H groups in total. The summed E-state index contributed by atoms with van der Waals surface area (Å²) in [5.74, 6) is -0.263. The van der Waals surface area contributed by atoms with Gasteiger partial charge in [-0.2, -0.15) is 0 Å². The van der Waals surface area contributed by atoms with Gasteiger partial charge in [0, 0.05) is 12.3 Å².